The maximum Gasteiger partial charge on any atom is 0.356 e. The molecule has 1 amide bonds. The largest absolute Gasteiger partial charge is 0.476 e. The first-order chi connectivity index (χ1) is 10.5. The summed E-state index contributed by atoms with van der Waals surface area (Å²) in [5.41, 5.74) is 0.816. The first kappa shape index (κ1) is 15.7. The van der Waals surface area contributed by atoms with Crippen LogP contribution in [0.2, 0.25) is 0 Å². The predicted molar refractivity (Wildman–Crippen MR) is 78.2 cm³/mol. The maximum absolute atomic E-state index is 12.1. The molecule has 0 saturated heterocycles. The van der Waals surface area contributed by atoms with E-state index in [2.05, 4.69) is 10.2 Å². The van der Waals surface area contributed by atoms with E-state index in [1.54, 1.807) is 18.1 Å². The summed E-state index contributed by atoms with van der Waals surface area (Å²) in [6.45, 7) is 3.59. The van der Waals surface area contributed by atoms with Gasteiger partial charge in [0.15, 0.2) is 5.69 Å². The van der Waals surface area contributed by atoms with Crippen LogP contribution < -0.4 is 0 Å². The van der Waals surface area contributed by atoms with Crippen molar-refractivity contribution >= 4 is 11.9 Å². The van der Waals surface area contributed by atoms with Gasteiger partial charge >= 0.3 is 5.97 Å². The van der Waals surface area contributed by atoms with Crippen molar-refractivity contribution in [1.29, 1.82) is 0 Å². The number of aryl methyl sites for hydroxylation is 2. The Bertz CT molecular complexity index is 661. The number of carbonyl (C=O) groups is 2. The molecule has 118 valence electrons. The van der Waals surface area contributed by atoms with Crippen molar-refractivity contribution in [2.75, 3.05) is 7.05 Å². The topological polar surface area (TPSA) is 93.2 Å². The quantitative estimate of drug-likeness (QED) is 0.818. The lowest BCUT2D eigenvalue weighted by Crippen LogP contribution is -2.27. The van der Waals surface area contributed by atoms with Crippen LogP contribution in [0.25, 0.3) is 0 Å². The minimum absolute atomic E-state index is 0.0223. The van der Waals surface area contributed by atoms with Crippen molar-refractivity contribution < 1.29 is 14.7 Å². The molecule has 0 saturated carbocycles. The minimum atomic E-state index is -1.08. The molecule has 0 atom stereocenters. The number of nitrogens with zero attached hydrogens (tertiary/aromatic N) is 5. The highest BCUT2D eigenvalue weighted by Crippen LogP contribution is 2.04. The second-order valence-electron chi connectivity index (χ2n) is 4.93. The van der Waals surface area contributed by atoms with E-state index in [4.69, 9.17) is 5.11 Å². The molecule has 2 heterocycles. The third-order valence-electron chi connectivity index (χ3n) is 3.26. The van der Waals surface area contributed by atoms with Gasteiger partial charge in [0.2, 0.25) is 5.91 Å². The normalized spacial score (nSPS) is 10.6. The maximum atomic E-state index is 12.1. The van der Waals surface area contributed by atoms with Crippen LogP contribution in [-0.4, -0.2) is 48.5 Å². The molecule has 8 heteroatoms. The highest BCUT2D eigenvalue weighted by molar-refractivity contribution is 5.85. The molecule has 0 radical (unpaired) electrons. The number of rotatable bonds is 7. The number of hydrogen-bond donors (Lipinski definition) is 1. The summed E-state index contributed by atoms with van der Waals surface area (Å²) in [7, 11) is 1.72. The van der Waals surface area contributed by atoms with E-state index in [1.165, 1.54) is 10.7 Å². The van der Waals surface area contributed by atoms with Crippen LogP contribution in [0.15, 0.2) is 24.5 Å². The summed E-state index contributed by atoms with van der Waals surface area (Å²) < 4.78 is 3.27. The molecule has 2 rings (SSSR count). The molecule has 0 aliphatic heterocycles. The number of hydrogen-bond acceptors (Lipinski definition) is 4. The fraction of sp³-hybridized carbons (Fsp3) is 0.429. The third kappa shape index (κ3) is 3.94. The van der Waals surface area contributed by atoms with Gasteiger partial charge in [-0.2, -0.15) is 10.2 Å². The van der Waals surface area contributed by atoms with Gasteiger partial charge < -0.3 is 10.0 Å². The summed E-state index contributed by atoms with van der Waals surface area (Å²) in [6.07, 6.45) is 3.69. The summed E-state index contributed by atoms with van der Waals surface area (Å²) >= 11 is 0. The SMILES string of the molecule is CCn1ccc(CN(C)C(=O)CCn2ccc(C(=O)O)n2)n1. The molecule has 2 aromatic rings. The highest BCUT2D eigenvalue weighted by Gasteiger charge is 2.12. The minimum Gasteiger partial charge on any atom is -0.476 e. The molecule has 1 N–H and O–H groups in total. The molecule has 0 aliphatic carbocycles. The molecule has 0 aliphatic rings. The highest BCUT2D eigenvalue weighted by atomic mass is 16.4. The molecule has 22 heavy (non-hydrogen) atoms. The van der Waals surface area contributed by atoms with Crippen LogP contribution in [0.5, 0.6) is 0 Å². The number of aromatic nitrogens is 4. The molecule has 0 bridgehead atoms. The van der Waals surface area contributed by atoms with Crippen molar-refractivity contribution in [2.45, 2.75) is 33.0 Å². The fourth-order valence-corrected chi connectivity index (χ4v) is 2.00. The number of aromatic carboxylic acids is 1. The Morgan fingerprint density at radius 1 is 1.23 bits per heavy atom. The average Bonchev–Trinajstić information content (AvgIpc) is 3.13. The van der Waals surface area contributed by atoms with Crippen LogP contribution in [0.3, 0.4) is 0 Å². The number of carbonyl (C=O) groups excluding carboxylic acids is 1. The van der Waals surface area contributed by atoms with E-state index in [-0.39, 0.29) is 18.0 Å². The summed E-state index contributed by atoms with van der Waals surface area (Å²) in [6, 6.07) is 3.30. The molecule has 0 aromatic carbocycles. The van der Waals surface area contributed by atoms with E-state index in [1.807, 2.05) is 23.9 Å². The van der Waals surface area contributed by atoms with Gasteiger partial charge in [-0.3, -0.25) is 14.2 Å². The fourth-order valence-electron chi connectivity index (χ4n) is 2.00. The number of amides is 1. The zero-order chi connectivity index (χ0) is 16.1. The van der Waals surface area contributed by atoms with Crippen molar-refractivity contribution in [1.82, 2.24) is 24.5 Å². The Morgan fingerprint density at radius 2 is 1.95 bits per heavy atom. The van der Waals surface area contributed by atoms with Crippen LogP contribution >= 0.6 is 0 Å². The van der Waals surface area contributed by atoms with Gasteiger partial charge in [0.25, 0.3) is 0 Å². The number of carboxylic acids is 1. The molecule has 0 fully saturated rings. The summed E-state index contributed by atoms with van der Waals surface area (Å²) in [5, 5.41) is 17.0. The lowest BCUT2D eigenvalue weighted by Gasteiger charge is -2.15. The number of carboxylic acid groups (broad SMARTS) is 1. The van der Waals surface area contributed by atoms with Gasteiger partial charge in [0.05, 0.1) is 12.2 Å². The second-order valence-corrected chi connectivity index (χ2v) is 4.93. The van der Waals surface area contributed by atoms with E-state index < -0.39 is 5.97 Å². The monoisotopic (exact) mass is 305 g/mol. The van der Waals surface area contributed by atoms with E-state index >= 15 is 0 Å². The third-order valence-corrected chi connectivity index (χ3v) is 3.26. The van der Waals surface area contributed by atoms with Crippen LogP contribution in [0, 0.1) is 0 Å². The predicted octanol–water partition coefficient (Wildman–Crippen LogP) is 0.846. The van der Waals surface area contributed by atoms with Gasteiger partial charge in [-0.25, -0.2) is 4.79 Å². The summed E-state index contributed by atoms with van der Waals surface area (Å²) in [5.74, 6) is -1.12. The molecular formula is C14H19N5O3. The van der Waals surface area contributed by atoms with Crippen LogP contribution in [0.4, 0.5) is 0 Å². The smallest absolute Gasteiger partial charge is 0.356 e. The standard InChI is InChI=1S/C14H19N5O3/c1-3-18-7-4-11(15-18)10-17(2)13(20)6-9-19-8-5-12(16-19)14(21)22/h4-5,7-8H,3,6,9-10H2,1-2H3,(H,21,22). The van der Waals surface area contributed by atoms with Gasteiger partial charge in [-0.05, 0) is 19.1 Å². The van der Waals surface area contributed by atoms with Crippen molar-refractivity contribution in [3.63, 3.8) is 0 Å². The van der Waals surface area contributed by atoms with Crippen LogP contribution in [-0.2, 0) is 24.4 Å². The first-order valence-corrected chi connectivity index (χ1v) is 7.02. The van der Waals surface area contributed by atoms with Crippen molar-refractivity contribution in [3.8, 4) is 0 Å². The molecule has 8 nitrogen and oxygen atoms in total. The van der Waals surface area contributed by atoms with E-state index in [0.29, 0.717) is 13.1 Å². The summed E-state index contributed by atoms with van der Waals surface area (Å²) in [4.78, 5) is 24.4. The Hall–Kier alpha value is -2.64. The van der Waals surface area contributed by atoms with Gasteiger partial charge in [0.1, 0.15) is 0 Å². The molecule has 2 aromatic heterocycles. The second kappa shape index (κ2) is 6.88. The Kier molecular flexibility index (Phi) is 4.92. The Balaban J connectivity index is 1.84. The van der Waals surface area contributed by atoms with E-state index in [0.717, 1.165) is 12.2 Å². The average molecular weight is 305 g/mol. The Morgan fingerprint density at radius 3 is 2.55 bits per heavy atom. The molecule has 0 spiro atoms. The zero-order valence-electron chi connectivity index (χ0n) is 12.6. The Labute approximate surface area is 127 Å². The molecular weight excluding hydrogens is 286 g/mol. The lowest BCUT2D eigenvalue weighted by molar-refractivity contribution is -0.130. The van der Waals surface area contributed by atoms with Gasteiger partial charge in [-0.1, -0.05) is 0 Å². The van der Waals surface area contributed by atoms with Crippen molar-refractivity contribution in [3.05, 3.63) is 35.9 Å². The first-order valence-electron chi connectivity index (χ1n) is 7.02. The van der Waals surface area contributed by atoms with Crippen molar-refractivity contribution in [2.24, 2.45) is 0 Å². The van der Waals surface area contributed by atoms with Gasteiger partial charge in [-0.15, -0.1) is 0 Å². The van der Waals surface area contributed by atoms with Gasteiger partial charge in [0, 0.05) is 39.0 Å². The van der Waals surface area contributed by atoms with E-state index in [9.17, 15) is 9.59 Å². The lowest BCUT2D eigenvalue weighted by atomic mass is 10.3. The molecule has 0 unspecified atom stereocenters. The van der Waals surface area contributed by atoms with Crippen LogP contribution in [0.1, 0.15) is 29.5 Å². The zero-order valence-corrected chi connectivity index (χ0v) is 12.6.